The average Bonchev–Trinajstić information content (AvgIpc) is 2.92. The first kappa shape index (κ1) is 23.0. The van der Waals surface area contributed by atoms with Crippen molar-refractivity contribution in [3.05, 3.63) is 54.6 Å². The molecule has 0 aromatic heterocycles. The lowest BCUT2D eigenvalue weighted by Gasteiger charge is -2.25. The summed E-state index contributed by atoms with van der Waals surface area (Å²) in [5.41, 5.74) is 2.87. The SMILES string of the molecule is CC(C)(C)NC(=O)CN1CCCN(CC(=O)Nc2ccc(-c3ccccc3)cc2)CC1. The molecular weight excluding hydrogens is 388 g/mol. The zero-order chi connectivity index (χ0) is 22.3. The van der Waals surface area contributed by atoms with Crippen LogP contribution in [0.5, 0.6) is 0 Å². The molecule has 0 atom stereocenters. The van der Waals surface area contributed by atoms with Crippen LogP contribution in [0.2, 0.25) is 0 Å². The van der Waals surface area contributed by atoms with Crippen LogP contribution in [0.4, 0.5) is 5.69 Å². The van der Waals surface area contributed by atoms with E-state index in [2.05, 4.69) is 32.6 Å². The molecule has 0 radical (unpaired) electrons. The second kappa shape index (κ2) is 10.6. The third kappa shape index (κ3) is 7.81. The second-order valence-electron chi connectivity index (χ2n) is 9.20. The van der Waals surface area contributed by atoms with Crippen molar-refractivity contribution in [1.29, 1.82) is 0 Å². The highest BCUT2D eigenvalue weighted by atomic mass is 16.2. The molecule has 6 nitrogen and oxygen atoms in total. The molecule has 2 aromatic rings. The Labute approximate surface area is 185 Å². The van der Waals surface area contributed by atoms with E-state index >= 15 is 0 Å². The fourth-order valence-corrected chi connectivity index (χ4v) is 3.78. The Balaban J connectivity index is 1.45. The van der Waals surface area contributed by atoms with Crippen LogP contribution in [0.15, 0.2) is 54.6 Å². The molecule has 0 spiro atoms. The third-order valence-corrected chi connectivity index (χ3v) is 5.21. The number of amides is 2. The van der Waals surface area contributed by atoms with Crippen LogP contribution < -0.4 is 10.6 Å². The van der Waals surface area contributed by atoms with Gasteiger partial charge in [0.25, 0.3) is 0 Å². The van der Waals surface area contributed by atoms with Gasteiger partial charge in [-0.05, 0) is 63.5 Å². The highest BCUT2D eigenvalue weighted by Crippen LogP contribution is 2.21. The molecule has 31 heavy (non-hydrogen) atoms. The first-order chi connectivity index (χ1) is 14.8. The fraction of sp³-hybridized carbons (Fsp3) is 0.440. The van der Waals surface area contributed by atoms with Crippen molar-refractivity contribution in [1.82, 2.24) is 15.1 Å². The normalized spacial score (nSPS) is 15.8. The number of nitrogens with one attached hydrogen (secondary N) is 2. The fourth-order valence-electron chi connectivity index (χ4n) is 3.78. The van der Waals surface area contributed by atoms with Crippen molar-refractivity contribution in [3.63, 3.8) is 0 Å². The molecular formula is C25H34N4O2. The summed E-state index contributed by atoms with van der Waals surface area (Å²) in [5.74, 6) is 0.0454. The first-order valence-electron chi connectivity index (χ1n) is 11.0. The Morgan fingerprint density at radius 3 is 1.90 bits per heavy atom. The van der Waals surface area contributed by atoms with Gasteiger partial charge >= 0.3 is 0 Å². The lowest BCUT2D eigenvalue weighted by molar-refractivity contribution is -0.123. The molecule has 1 aliphatic rings. The van der Waals surface area contributed by atoms with Crippen LogP contribution in [0.1, 0.15) is 27.2 Å². The molecule has 166 valence electrons. The topological polar surface area (TPSA) is 64.7 Å². The van der Waals surface area contributed by atoms with Crippen LogP contribution in [0.25, 0.3) is 11.1 Å². The summed E-state index contributed by atoms with van der Waals surface area (Å²) < 4.78 is 0. The van der Waals surface area contributed by atoms with Crippen LogP contribution in [-0.4, -0.2) is 66.4 Å². The average molecular weight is 423 g/mol. The molecule has 2 aromatic carbocycles. The van der Waals surface area contributed by atoms with Gasteiger partial charge in [-0.25, -0.2) is 0 Å². The number of anilines is 1. The molecule has 0 bridgehead atoms. The van der Waals surface area contributed by atoms with Crippen LogP contribution in [0, 0.1) is 0 Å². The van der Waals surface area contributed by atoms with Gasteiger partial charge in [-0.2, -0.15) is 0 Å². The molecule has 0 unspecified atom stereocenters. The van der Waals surface area contributed by atoms with E-state index < -0.39 is 0 Å². The highest BCUT2D eigenvalue weighted by molar-refractivity contribution is 5.92. The molecule has 1 saturated heterocycles. The molecule has 3 rings (SSSR count). The van der Waals surface area contributed by atoms with Crippen molar-refractivity contribution in [3.8, 4) is 11.1 Å². The van der Waals surface area contributed by atoms with Crippen molar-refractivity contribution in [2.75, 3.05) is 44.6 Å². The second-order valence-corrected chi connectivity index (χ2v) is 9.20. The number of benzene rings is 2. The minimum absolute atomic E-state index is 0.00798. The number of hydrogen-bond donors (Lipinski definition) is 2. The van der Waals surface area contributed by atoms with Crippen LogP contribution >= 0.6 is 0 Å². The lowest BCUT2D eigenvalue weighted by Crippen LogP contribution is -2.46. The molecule has 2 N–H and O–H groups in total. The van der Waals surface area contributed by atoms with Gasteiger partial charge in [0.2, 0.25) is 11.8 Å². The summed E-state index contributed by atoms with van der Waals surface area (Å²) in [5, 5.41) is 6.01. The van der Waals surface area contributed by atoms with E-state index in [0.717, 1.165) is 49.4 Å². The zero-order valence-corrected chi connectivity index (χ0v) is 18.9. The smallest absolute Gasteiger partial charge is 0.238 e. The summed E-state index contributed by atoms with van der Waals surface area (Å²) in [6, 6.07) is 18.1. The zero-order valence-electron chi connectivity index (χ0n) is 18.9. The number of rotatable bonds is 6. The molecule has 6 heteroatoms. The molecule has 0 aliphatic carbocycles. The van der Waals surface area contributed by atoms with E-state index in [1.54, 1.807) is 0 Å². The minimum Gasteiger partial charge on any atom is -0.350 e. The Kier molecular flexibility index (Phi) is 7.82. The summed E-state index contributed by atoms with van der Waals surface area (Å²) in [7, 11) is 0. The van der Waals surface area contributed by atoms with Crippen LogP contribution in [-0.2, 0) is 9.59 Å². The van der Waals surface area contributed by atoms with E-state index in [1.165, 1.54) is 0 Å². The van der Waals surface area contributed by atoms with Crippen LogP contribution in [0.3, 0.4) is 0 Å². The summed E-state index contributed by atoms with van der Waals surface area (Å²) in [6.45, 7) is 10.0. The molecule has 1 heterocycles. The Morgan fingerprint density at radius 1 is 0.774 bits per heavy atom. The quantitative estimate of drug-likeness (QED) is 0.750. The predicted molar refractivity (Wildman–Crippen MR) is 126 cm³/mol. The number of carbonyl (C=O) groups excluding carboxylic acids is 2. The Hall–Kier alpha value is -2.70. The maximum Gasteiger partial charge on any atom is 0.238 e. The summed E-state index contributed by atoms with van der Waals surface area (Å²) in [6.07, 6.45) is 0.946. The standard InChI is InChI=1S/C25H34N4O2/c1-25(2,3)27-24(31)19-29-15-7-14-28(16-17-29)18-23(30)26-22-12-10-21(11-13-22)20-8-5-4-6-9-20/h4-6,8-13H,7,14-19H2,1-3H3,(H,26,30)(H,27,31). The van der Waals surface area contributed by atoms with Gasteiger partial charge in [0, 0.05) is 24.3 Å². The van der Waals surface area contributed by atoms with Gasteiger partial charge in [0.1, 0.15) is 0 Å². The Bertz CT molecular complexity index is 859. The van der Waals surface area contributed by atoms with E-state index in [0.29, 0.717) is 13.1 Å². The third-order valence-electron chi connectivity index (χ3n) is 5.21. The van der Waals surface area contributed by atoms with Gasteiger partial charge < -0.3 is 10.6 Å². The largest absolute Gasteiger partial charge is 0.350 e. The number of carbonyl (C=O) groups is 2. The maximum atomic E-state index is 12.5. The maximum absolute atomic E-state index is 12.5. The van der Waals surface area contributed by atoms with E-state index in [1.807, 2.05) is 63.2 Å². The molecule has 1 aliphatic heterocycles. The van der Waals surface area contributed by atoms with E-state index in [4.69, 9.17) is 0 Å². The van der Waals surface area contributed by atoms with E-state index in [9.17, 15) is 9.59 Å². The molecule has 1 fully saturated rings. The van der Waals surface area contributed by atoms with Crippen molar-refractivity contribution < 1.29 is 9.59 Å². The summed E-state index contributed by atoms with van der Waals surface area (Å²) >= 11 is 0. The summed E-state index contributed by atoms with van der Waals surface area (Å²) in [4.78, 5) is 29.0. The lowest BCUT2D eigenvalue weighted by atomic mass is 10.1. The van der Waals surface area contributed by atoms with Crippen molar-refractivity contribution >= 4 is 17.5 Å². The van der Waals surface area contributed by atoms with Gasteiger partial charge in [-0.1, -0.05) is 42.5 Å². The predicted octanol–water partition coefficient (Wildman–Crippen LogP) is 3.21. The number of nitrogens with zero attached hydrogens (tertiary/aromatic N) is 2. The molecule has 0 saturated carbocycles. The van der Waals surface area contributed by atoms with Crippen molar-refractivity contribution in [2.24, 2.45) is 0 Å². The monoisotopic (exact) mass is 422 g/mol. The van der Waals surface area contributed by atoms with Gasteiger partial charge in [0.05, 0.1) is 13.1 Å². The first-order valence-corrected chi connectivity index (χ1v) is 11.0. The minimum atomic E-state index is -0.216. The highest BCUT2D eigenvalue weighted by Gasteiger charge is 2.20. The van der Waals surface area contributed by atoms with Gasteiger partial charge in [-0.15, -0.1) is 0 Å². The Morgan fingerprint density at radius 2 is 1.32 bits per heavy atom. The van der Waals surface area contributed by atoms with Gasteiger partial charge in [-0.3, -0.25) is 19.4 Å². The van der Waals surface area contributed by atoms with E-state index in [-0.39, 0.29) is 17.4 Å². The van der Waals surface area contributed by atoms with Gasteiger partial charge in [0.15, 0.2) is 0 Å². The number of hydrogen-bond acceptors (Lipinski definition) is 4. The van der Waals surface area contributed by atoms with Crippen molar-refractivity contribution in [2.45, 2.75) is 32.7 Å². The molecule has 2 amide bonds.